The van der Waals surface area contributed by atoms with Crippen molar-refractivity contribution in [1.82, 2.24) is 20.1 Å². The number of hydrogen-bond donors (Lipinski definition) is 1. The molecule has 2 rings (SSSR count). The number of hydrogen-bond acceptors (Lipinski definition) is 5. The van der Waals surface area contributed by atoms with Crippen LogP contribution in [0.3, 0.4) is 0 Å². The number of aromatic nitrogens is 1. The van der Waals surface area contributed by atoms with E-state index in [2.05, 4.69) is 27.1 Å². The molecule has 0 atom stereocenters. The number of aliphatic imine (C=N–C) groups is 1. The second kappa shape index (κ2) is 8.14. The molecule has 0 unspecified atom stereocenters. The molecular formula is C15H25N5O2S. The number of nitrogens with zero attached hydrogens (tertiary/aromatic N) is 4. The van der Waals surface area contributed by atoms with Crippen molar-refractivity contribution in [3.63, 3.8) is 0 Å². The summed E-state index contributed by atoms with van der Waals surface area (Å²) in [6.07, 6.45) is -0.233. The maximum absolute atomic E-state index is 11.7. The molecule has 1 aromatic heterocycles. The number of aryl methyl sites for hydroxylation is 2. The van der Waals surface area contributed by atoms with E-state index in [4.69, 9.17) is 4.74 Å². The highest BCUT2D eigenvalue weighted by Gasteiger charge is 2.23. The minimum Gasteiger partial charge on any atom is -0.450 e. The predicted molar refractivity (Wildman–Crippen MR) is 92.0 cm³/mol. The Balaban J connectivity index is 1.84. The van der Waals surface area contributed by atoms with E-state index in [0.717, 1.165) is 29.8 Å². The van der Waals surface area contributed by atoms with Gasteiger partial charge >= 0.3 is 6.09 Å². The lowest BCUT2D eigenvalue weighted by Gasteiger charge is -2.35. The summed E-state index contributed by atoms with van der Waals surface area (Å²) in [6, 6.07) is 0. The molecule has 0 aromatic carbocycles. The zero-order chi connectivity index (χ0) is 16.8. The van der Waals surface area contributed by atoms with Gasteiger partial charge in [0.2, 0.25) is 0 Å². The van der Waals surface area contributed by atoms with Crippen LogP contribution < -0.4 is 5.32 Å². The Bertz CT molecular complexity index is 545. The van der Waals surface area contributed by atoms with Crippen molar-refractivity contribution < 1.29 is 9.53 Å². The average Bonchev–Trinajstić information content (AvgIpc) is 2.87. The fourth-order valence-electron chi connectivity index (χ4n) is 2.42. The Morgan fingerprint density at radius 1 is 1.30 bits per heavy atom. The number of amides is 1. The number of ether oxygens (including phenoxy) is 1. The van der Waals surface area contributed by atoms with E-state index in [-0.39, 0.29) is 6.09 Å². The molecule has 8 heteroatoms. The van der Waals surface area contributed by atoms with Gasteiger partial charge in [-0.2, -0.15) is 0 Å². The average molecular weight is 339 g/mol. The Labute approximate surface area is 141 Å². The van der Waals surface area contributed by atoms with E-state index in [9.17, 15) is 4.79 Å². The largest absolute Gasteiger partial charge is 0.450 e. The van der Waals surface area contributed by atoms with E-state index in [1.807, 2.05) is 13.8 Å². The van der Waals surface area contributed by atoms with Crippen LogP contribution in [0.4, 0.5) is 4.79 Å². The minimum absolute atomic E-state index is 0.233. The SMILES string of the molecule is CCOC(=O)N1CCN(C(=NC)NCc2nc(C)c(C)s2)CC1. The fraction of sp³-hybridized carbons (Fsp3) is 0.667. The summed E-state index contributed by atoms with van der Waals surface area (Å²) in [5.41, 5.74) is 1.09. The lowest BCUT2D eigenvalue weighted by atomic mass is 10.3. The van der Waals surface area contributed by atoms with Crippen LogP contribution in [-0.2, 0) is 11.3 Å². The van der Waals surface area contributed by atoms with Gasteiger partial charge in [0.15, 0.2) is 5.96 Å². The Hall–Kier alpha value is -1.83. The van der Waals surface area contributed by atoms with Crippen molar-refractivity contribution in [3.8, 4) is 0 Å². The standard InChI is InChI=1S/C15H25N5O2S/c1-5-22-15(21)20-8-6-19(7-9-20)14(16-4)17-10-13-18-11(2)12(3)23-13/h5-10H2,1-4H3,(H,16,17). The van der Waals surface area contributed by atoms with Gasteiger partial charge in [0, 0.05) is 38.1 Å². The van der Waals surface area contributed by atoms with E-state index >= 15 is 0 Å². The second-order valence-electron chi connectivity index (χ2n) is 5.32. The third kappa shape index (κ3) is 4.57. The monoisotopic (exact) mass is 339 g/mol. The Morgan fingerprint density at radius 3 is 2.48 bits per heavy atom. The summed E-state index contributed by atoms with van der Waals surface area (Å²) in [7, 11) is 1.78. The van der Waals surface area contributed by atoms with Gasteiger partial charge in [-0.3, -0.25) is 4.99 Å². The number of thiazole rings is 1. The number of guanidine groups is 1. The summed E-state index contributed by atoms with van der Waals surface area (Å²) >= 11 is 1.71. The first-order valence-corrected chi connectivity index (χ1v) is 8.67. The second-order valence-corrected chi connectivity index (χ2v) is 6.61. The number of carbonyl (C=O) groups excluding carboxylic acids is 1. The molecule has 1 N–H and O–H groups in total. The van der Waals surface area contributed by atoms with E-state index < -0.39 is 0 Å². The molecule has 0 aliphatic carbocycles. The molecular weight excluding hydrogens is 314 g/mol. The van der Waals surface area contributed by atoms with Crippen LogP contribution in [0.5, 0.6) is 0 Å². The summed E-state index contributed by atoms with van der Waals surface area (Å²) in [5, 5.41) is 4.42. The molecule has 0 radical (unpaired) electrons. The molecule has 1 saturated heterocycles. The predicted octanol–water partition coefficient (Wildman–Crippen LogP) is 1.61. The van der Waals surface area contributed by atoms with Crippen molar-refractivity contribution in [2.45, 2.75) is 27.3 Å². The highest BCUT2D eigenvalue weighted by Crippen LogP contribution is 2.16. The number of nitrogens with one attached hydrogen (secondary N) is 1. The van der Waals surface area contributed by atoms with Crippen molar-refractivity contribution in [2.75, 3.05) is 39.8 Å². The van der Waals surface area contributed by atoms with Crippen LogP contribution in [0.15, 0.2) is 4.99 Å². The van der Waals surface area contributed by atoms with Gasteiger partial charge in [-0.25, -0.2) is 9.78 Å². The lowest BCUT2D eigenvalue weighted by Crippen LogP contribution is -2.53. The molecule has 0 saturated carbocycles. The number of carbonyl (C=O) groups is 1. The van der Waals surface area contributed by atoms with Gasteiger partial charge in [0.05, 0.1) is 18.8 Å². The van der Waals surface area contributed by atoms with Crippen molar-refractivity contribution in [2.24, 2.45) is 4.99 Å². The first kappa shape index (κ1) is 17.5. The fourth-order valence-corrected chi connectivity index (χ4v) is 3.29. The molecule has 1 aliphatic heterocycles. The molecule has 1 amide bonds. The van der Waals surface area contributed by atoms with Crippen molar-refractivity contribution >= 4 is 23.4 Å². The zero-order valence-corrected chi connectivity index (χ0v) is 15.1. The normalized spacial score (nSPS) is 15.7. The minimum atomic E-state index is -0.233. The molecule has 1 fully saturated rings. The topological polar surface area (TPSA) is 70.1 Å². The van der Waals surface area contributed by atoms with Crippen LogP contribution in [0.25, 0.3) is 0 Å². The van der Waals surface area contributed by atoms with Gasteiger partial charge in [0.1, 0.15) is 5.01 Å². The van der Waals surface area contributed by atoms with E-state index in [1.165, 1.54) is 4.88 Å². The molecule has 1 aliphatic rings. The van der Waals surface area contributed by atoms with Crippen LogP contribution >= 0.6 is 11.3 Å². The maximum atomic E-state index is 11.7. The highest BCUT2D eigenvalue weighted by atomic mass is 32.1. The highest BCUT2D eigenvalue weighted by molar-refractivity contribution is 7.11. The number of rotatable bonds is 3. The summed E-state index contributed by atoms with van der Waals surface area (Å²) in [6.45, 7) is 9.80. The molecule has 7 nitrogen and oxygen atoms in total. The molecule has 2 heterocycles. The van der Waals surface area contributed by atoms with Gasteiger partial charge in [0.25, 0.3) is 0 Å². The van der Waals surface area contributed by atoms with Gasteiger partial charge < -0.3 is 19.9 Å². The Kier molecular flexibility index (Phi) is 6.20. The third-order valence-corrected chi connectivity index (χ3v) is 4.86. The molecule has 0 bridgehead atoms. The van der Waals surface area contributed by atoms with Gasteiger partial charge in [-0.1, -0.05) is 0 Å². The van der Waals surface area contributed by atoms with E-state index in [1.54, 1.807) is 23.3 Å². The van der Waals surface area contributed by atoms with Crippen molar-refractivity contribution in [1.29, 1.82) is 0 Å². The quantitative estimate of drug-likeness (QED) is 0.669. The van der Waals surface area contributed by atoms with E-state index in [0.29, 0.717) is 26.2 Å². The Morgan fingerprint density at radius 2 is 1.96 bits per heavy atom. The first-order chi connectivity index (χ1) is 11.0. The van der Waals surface area contributed by atoms with Crippen molar-refractivity contribution in [3.05, 3.63) is 15.6 Å². The van der Waals surface area contributed by atoms with Gasteiger partial charge in [-0.15, -0.1) is 11.3 Å². The molecule has 0 spiro atoms. The maximum Gasteiger partial charge on any atom is 0.409 e. The first-order valence-electron chi connectivity index (χ1n) is 7.85. The van der Waals surface area contributed by atoms with Crippen LogP contribution in [0.1, 0.15) is 22.5 Å². The summed E-state index contributed by atoms with van der Waals surface area (Å²) in [4.78, 5) is 25.7. The summed E-state index contributed by atoms with van der Waals surface area (Å²) in [5.74, 6) is 0.846. The number of piperazine rings is 1. The molecule has 23 heavy (non-hydrogen) atoms. The molecule has 128 valence electrons. The third-order valence-electron chi connectivity index (χ3n) is 3.79. The molecule has 1 aromatic rings. The summed E-state index contributed by atoms with van der Waals surface area (Å²) < 4.78 is 5.04. The van der Waals surface area contributed by atoms with Crippen LogP contribution in [0, 0.1) is 13.8 Å². The zero-order valence-electron chi connectivity index (χ0n) is 14.3. The van der Waals surface area contributed by atoms with Gasteiger partial charge in [-0.05, 0) is 20.8 Å². The smallest absolute Gasteiger partial charge is 0.409 e. The van der Waals surface area contributed by atoms with Crippen LogP contribution in [0.2, 0.25) is 0 Å². The van der Waals surface area contributed by atoms with Crippen LogP contribution in [-0.4, -0.2) is 66.7 Å². The lowest BCUT2D eigenvalue weighted by molar-refractivity contribution is 0.0914.